The van der Waals surface area contributed by atoms with E-state index in [1.807, 2.05) is 13.0 Å². The molecule has 14 heteroatoms. The predicted molar refractivity (Wildman–Crippen MR) is 167 cm³/mol. The molecule has 0 fully saturated rings. The molecule has 2 aromatic heterocycles. The normalized spacial score (nSPS) is 12.3. The number of nitro benzene ring substituents is 1. The molecular formula is C30H30N6O6S2. The molecule has 1 aliphatic carbocycles. The summed E-state index contributed by atoms with van der Waals surface area (Å²) in [6.45, 7) is 3.90. The Morgan fingerprint density at radius 3 is 2.61 bits per heavy atom. The van der Waals surface area contributed by atoms with Crippen LogP contribution < -0.4 is 10.6 Å². The van der Waals surface area contributed by atoms with Crippen molar-refractivity contribution in [3.05, 3.63) is 91.6 Å². The maximum atomic E-state index is 13.1. The summed E-state index contributed by atoms with van der Waals surface area (Å²) in [4.78, 5) is 50.5. The molecule has 2 N–H and O–H groups in total. The number of aryl methyl sites for hydroxylation is 2. The van der Waals surface area contributed by atoms with Crippen LogP contribution in [0.3, 0.4) is 0 Å². The number of hydrogen-bond acceptors (Lipinski definition) is 10. The Morgan fingerprint density at radius 1 is 1.11 bits per heavy atom. The van der Waals surface area contributed by atoms with E-state index < -0.39 is 10.9 Å². The SMILES string of the molecule is CCOC(=O)c1c(NC(=O)CSc2nnc(CNC(=O)c3cccc(C)c3)n2-c2ccc([N+](=O)[O-])cc2)sc2c1CCCC2. The van der Waals surface area contributed by atoms with Crippen LogP contribution in [-0.4, -0.2) is 49.8 Å². The highest BCUT2D eigenvalue weighted by Gasteiger charge is 2.27. The maximum absolute atomic E-state index is 13.1. The second-order valence-electron chi connectivity index (χ2n) is 10.0. The van der Waals surface area contributed by atoms with E-state index in [0.29, 0.717) is 32.8 Å². The zero-order valence-electron chi connectivity index (χ0n) is 24.1. The van der Waals surface area contributed by atoms with Crippen LogP contribution in [-0.2, 0) is 28.9 Å². The number of amides is 2. The van der Waals surface area contributed by atoms with E-state index in [-0.39, 0.29) is 36.4 Å². The fourth-order valence-electron chi connectivity index (χ4n) is 4.90. The topological polar surface area (TPSA) is 158 Å². The van der Waals surface area contributed by atoms with Gasteiger partial charge in [0.05, 0.1) is 29.4 Å². The van der Waals surface area contributed by atoms with Crippen molar-refractivity contribution in [1.82, 2.24) is 20.1 Å². The Bertz CT molecular complexity index is 1720. The lowest BCUT2D eigenvalue weighted by molar-refractivity contribution is -0.384. The zero-order valence-corrected chi connectivity index (χ0v) is 25.8. The summed E-state index contributed by atoms with van der Waals surface area (Å²) in [6.07, 6.45) is 3.64. The van der Waals surface area contributed by atoms with Crippen LogP contribution in [0.1, 0.15) is 62.3 Å². The number of nitrogens with one attached hydrogen (secondary N) is 2. The highest BCUT2D eigenvalue weighted by Crippen LogP contribution is 2.39. The summed E-state index contributed by atoms with van der Waals surface area (Å²) in [5.74, 6) is -0.752. The number of nitrogens with zero attached hydrogens (tertiary/aromatic N) is 4. The Kier molecular flexibility index (Phi) is 9.70. The van der Waals surface area contributed by atoms with Crippen LogP contribution in [0.2, 0.25) is 0 Å². The van der Waals surface area contributed by atoms with E-state index in [0.717, 1.165) is 53.4 Å². The molecule has 2 heterocycles. The highest BCUT2D eigenvalue weighted by atomic mass is 32.2. The lowest BCUT2D eigenvalue weighted by atomic mass is 9.95. The molecule has 0 bridgehead atoms. The van der Waals surface area contributed by atoms with Crippen LogP contribution in [0.25, 0.3) is 5.69 Å². The lowest BCUT2D eigenvalue weighted by Crippen LogP contribution is -2.24. The van der Waals surface area contributed by atoms with Crippen molar-refractivity contribution in [3.8, 4) is 5.69 Å². The summed E-state index contributed by atoms with van der Waals surface area (Å²) in [7, 11) is 0. The van der Waals surface area contributed by atoms with Crippen LogP contribution in [0.5, 0.6) is 0 Å². The monoisotopic (exact) mass is 634 g/mol. The molecule has 4 aromatic rings. The van der Waals surface area contributed by atoms with Crippen molar-refractivity contribution in [1.29, 1.82) is 0 Å². The molecule has 1 aliphatic rings. The Morgan fingerprint density at radius 2 is 1.89 bits per heavy atom. The number of carbonyl (C=O) groups excluding carboxylic acids is 3. The summed E-state index contributed by atoms with van der Waals surface area (Å²) in [5.41, 5.74) is 3.28. The minimum absolute atomic E-state index is 0.0210. The van der Waals surface area contributed by atoms with Crippen molar-refractivity contribution in [2.24, 2.45) is 0 Å². The third-order valence-electron chi connectivity index (χ3n) is 6.94. The number of benzene rings is 2. The summed E-state index contributed by atoms with van der Waals surface area (Å²) in [6, 6.07) is 13.0. The van der Waals surface area contributed by atoms with Gasteiger partial charge in [0, 0.05) is 28.3 Å². The smallest absolute Gasteiger partial charge is 0.341 e. The molecule has 0 radical (unpaired) electrons. The molecule has 2 amide bonds. The first-order valence-electron chi connectivity index (χ1n) is 14.0. The zero-order chi connectivity index (χ0) is 31.2. The highest BCUT2D eigenvalue weighted by molar-refractivity contribution is 7.99. The van der Waals surface area contributed by atoms with Gasteiger partial charge in [-0.25, -0.2) is 4.79 Å². The third kappa shape index (κ3) is 6.97. The second-order valence-corrected chi connectivity index (χ2v) is 12.1. The van der Waals surface area contributed by atoms with Gasteiger partial charge >= 0.3 is 5.97 Å². The molecule has 0 spiro atoms. The first-order valence-corrected chi connectivity index (χ1v) is 15.8. The average Bonchev–Trinajstić information content (AvgIpc) is 3.59. The molecule has 12 nitrogen and oxygen atoms in total. The number of rotatable bonds is 11. The number of ether oxygens (including phenoxy) is 1. The average molecular weight is 635 g/mol. The van der Waals surface area contributed by atoms with E-state index in [1.165, 1.54) is 23.5 Å². The van der Waals surface area contributed by atoms with E-state index >= 15 is 0 Å². The van der Waals surface area contributed by atoms with Crippen molar-refractivity contribution < 1.29 is 24.0 Å². The van der Waals surface area contributed by atoms with Crippen molar-refractivity contribution >= 4 is 51.6 Å². The standard InChI is InChI=1S/C30H30N6O6S2/c1-3-42-29(39)26-22-9-4-5-10-23(22)44-28(26)32-25(37)17-43-30-34-33-24(16-31-27(38)19-8-6-7-18(2)15-19)35(30)20-11-13-21(14-12-20)36(40)41/h6-8,11-15H,3-5,9-10,16-17H2,1-2H3,(H,31,38)(H,32,37). The van der Waals surface area contributed by atoms with Crippen molar-refractivity contribution in [3.63, 3.8) is 0 Å². The van der Waals surface area contributed by atoms with Crippen LogP contribution in [0, 0.1) is 17.0 Å². The molecular weight excluding hydrogens is 605 g/mol. The van der Waals surface area contributed by atoms with E-state index in [9.17, 15) is 24.5 Å². The maximum Gasteiger partial charge on any atom is 0.341 e. The molecule has 0 atom stereocenters. The fraction of sp³-hybridized carbons (Fsp3) is 0.300. The van der Waals surface area contributed by atoms with Crippen LogP contribution in [0.15, 0.2) is 53.7 Å². The molecule has 0 saturated heterocycles. The van der Waals surface area contributed by atoms with Gasteiger partial charge in [-0.15, -0.1) is 21.5 Å². The third-order valence-corrected chi connectivity index (χ3v) is 9.08. The van der Waals surface area contributed by atoms with Crippen LogP contribution in [0.4, 0.5) is 10.7 Å². The van der Waals surface area contributed by atoms with Gasteiger partial charge in [-0.1, -0.05) is 29.5 Å². The minimum Gasteiger partial charge on any atom is -0.462 e. The second kappa shape index (κ2) is 13.8. The van der Waals surface area contributed by atoms with Gasteiger partial charge in [-0.2, -0.15) is 0 Å². The Hall–Kier alpha value is -4.56. The minimum atomic E-state index is -0.494. The number of anilines is 1. The van der Waals surface area contributed by atoms with Gasteiger partial charge in [0.15, 0.2) is 11.0 Å². The van der Waals surface area contributed by atoms with Crippen LogP contribution >= 0.6 is 23.1 Å². The predicted octanol–water partition coefficient (Wildman–Crippen LogP) is 5.26. The molecule has 0 aliphatic heterocycles. The number of non-ortho nitro benzene ring substituents is 1. The van der Waals surface area contributed by atoms with Gasteiger partial charge in [0.1, 0.15) is 5.00 Å². The first-order chi connectivity index (χ1) is 21.2. The van der Waals surface area contributed by atoms with E-state index in [1.54, 1.807) is 41.8 Å². The molecule has 0 saturated carbocycles. The number of hydrogen-bond donors (Lipinski definition) is 2. The van der Waals surface area contributed by atoms with Crippen molar-refractivity contribution in [2.45, 2.75) is 51.2 Å². The first kappa shape index (κ1) is 30.9. The molecule has 44 heavy (non-hydrogen) atoms. The molecule has 2 aromatic carbocycles. The molecule has 0 unspecified atom stereocenters. The number of thiophene rings is 1. The van der Waals surface area contributed by atoms with E-state index in [2.05, 4.69) is 20.8 Å². The largest absolute Gasteiger partial charge is 0.462 e. The Balaban J connectivity index is 1.35. The summed E-state index contributed by atoms with van der Waals surface area (Å²) < 4.78 is 6.93. The van der Waals surface area contributed by atoms with Gasteiger partial charge in [0.25, 0.3) is 11.6 Å². The van der Waals surface area contributed by atoms with Gasteiger partial charge in [0.2, 0.25) is 5.91 Å². The number of aromatic nitrogens is 3. The van der Waals surface area contributed by atoms with Gasteiger partial charge in [-0.05, 0) is 69.4 Å². The lowest BCUT2D eigenvalue weighted by Gasteiger charge is -2.12. The number of nitro groups is 1. The summed E-state index contributed by atoms with van der Waals surface area (Å²) in [5, 5.41) is 26.3. The van der Waals surface area contributed by atoms with Crippen molar-refractivity contribution in [2.75, 3.05) is 17.7 Å². The summed E-state index contributed by atoms with van der Waals surface area (Å²) >= 11 is 2.52. The van der Waals surface area contributed by atoms with Gasteiger partial charge < -0.3 is 15.4 Å². The number of thioether (sulfide) groups is 1. The number of esters is 1. The number of fused-ring (bicyclic) bond motifs is 1. The molecule has 5 rings (SSSR count). The fourth-order valence-corrected chi connectivity index (χ4v) is 6.97. The quantitative estimate of drug-likeness (QED) is 0.0971. The Labute approximate surface area is 261 Å². The number of carbonyl (C=O) groups is 3. The van der Waals surface area contributed by atoms with Gasteiger partial charge in [-0.3, -0.25) is 24.3 Å². The van der Waals surface area contributed by atoms with E-state index in [4.69, 9.17) is 4.74 Å². The molecule has 228 valence electrons.